The van der Waals surface area contributed by atoms with Gasteiger partial charge in [-0.3, -0.25) is 9.59 Å². The lowest BCUT2D eigenvalue weighted by Gasteiger charge is -2.10. The van der Waals surface area contributed by atoms with Crippen LogP contribution in [0.3, 0.4) is 0 Å². The Bertz CT molecular complexity index is 753. The molecule has 1 aromatic carbocycles. The highest BCUT2D eigenvalue weighted by atomic mass is 79.9. The van der Waals surface area contributed by atoms with Crippen molar-refractivity contribution < 1.29 is 18.7 Å². The highest BCUT2D eigenvalue weighted by Crippen LogP contribution is 2.25. The summed E-state index contributed by atoms with van der Waals surface area (Å²) in [6.45, 7) is 4.21. The molecule has 0 unspecified atom stereocenters. The maximum atomic E-state index is 11.8. The fourth-order valence-electron chi connectivity index (χ4n) is 2.09. The number of amides is 2. The molecule has 2 N–H and O–H groups in total. The Balaban J connectivity index is 1.68. The fraction of sp³-hybridized carbons (Fsp3) is 0.294. The molecule has 1 aromatic heterocycles. The zero-order valence-corrected chi connectivity index (χ0v) is 16.2. The monoisotopic (exact) mass is 428 g/mol. The number of rotatable bonds is 7. The number of hydrogen-bond donors (Lipinski definition) is 2. The topological polar surface area (TPSA) is 80.6 Å². The van der Waals surface area contributed by atoms with Gasteiger partial charge < -0.3 is 19.8 Å². The number of nitrogens with one attached hydrogen (secondary N) is 2. The van der Waals surface area contributed by atoms with Crippen molar-refractivity contribution >= 4 is 39.3 Å². The van der Waals surface area contributed by atoms with Gasteiger partial charge in [0.05, 0.1) is 0 Å². The largest absolute Gasteiger partial charge is 0.484 e. The Kier molecular flexibility index (Phi) is 6.90. The van der Waals surface area contributed by atoms with Gasteiger partial charge in [0.2, 0.25) is 0 Å². The predicted octanol–water partition coefficient (Wildman–Crippen LogP) is 3.24. The van der Waals surface area contributed by atoms with E-state index in [1.54, 1.807) is 24.3 Å². The first kappa shape index (κ1) is 19.3. The van der Waals surface area contributed by atoms with E-state index in [-0.39, 0.29) is 37.3 Å². The van der Waals surface area contributed by atoms with Crippen molar-refractivity contribution in [3.8, 4) is 5.75 Å². The van der Waals surface area contributed by atoms with E-state index in [2.05, 4.69) is 26.6 Å². The predicted molar refractivity (Wildman–Crippen MR) is 98.2 cm³/mol. The zero-order chi connectivity index (χ0) is 18.4. The van der Waals surface area contributed by atoms with E-state index >= 15 is 0 Å². The quantitative estimate of drug-likeness (QED) is 0.662. The number of carbonyl (C=O) groups is 2. The second-order valence-electron chi connectivity index (χ2n) is 5.37. The number of aryl methyl sites for hydroxylation is 2. The lowest BCUT2D eigenvalue weighted by Crippen LogP contribution is -2.36. The summed E-state index contributed by atoms with van der Waals surface area (Å²) in [4.78, 5) is 23.5. The molecule has 8 heteroatoms. The smallest absolute Gasteiger partial charge is 0.287 e. The number of carbonyl (C=O) groups excluding carboxylic acids is 2. The Morgan fingerprint density at radius 3 is 2.40 bits per heavy atom. The highest BCUT2D eigenvalue weighted by Gasteiger charge is 2.10. The Labute approximate surface area is 159 Å². The molecule has 6 nitrogen and oxygen atoms in total. The summed E-state index contributed by atoms with van der Waals surface area (Å²) in [5.41, 5.74) is 1.79. The summed E-state index contributed by atoms with van der Waals surface area (Å²) in [5, 5.41) is 5.99. The summed E-state index contributed by atoms with van der Waals surface area (Å²) in [5.74, 6) is 0.171. The van der Waals surface area contributed by atoms with Gasteiger partial charge in [-0.2, -0.15) is 0 Å². The van der Waals surface area contributed by atoms with E-state index in [1.807, 2.05) is 13.8 Å². The van der Waals surface area contributed by atoms with Crippen LogP contribution in [0.5, 0.6) is 5.75 Å². The van der Waals surface area contributed by atoms with Crippen LogP contribution in [0.2, 0.25) is 5.02 Å². The van der Waals surface area contributed by atoms with Crippen molar-refractivity contribution in [3.05, 3.63) is 50.8 Å². The summed E-state index contributed by atoms with van der Waals surface area (Å²) in [6.07, 6.45) is 0. The molecular weight excluding hydrogens is 412 g/mol. The van der Waals surface area contributed by atoms with Crippen LogP contribution in [0.1, 0.15) is 21.7 Å². The molecule has 2 rings (SSSR count). The number of hydrogen-bond acceptors (Lipinski definition) is 4. The third kappa shape index (κ3) is 5.79. The average Bonchev–Trinajstić information content (AvgIpc) is 3.01. The van der Waals surface area contributed by atoms with E-state index in [0.717, 1.165) is 11.1 Å². The van der Waals surface area contributed by atoms with Crippen LogP contribution in [-0.2, 0) is 4.79 Å². The van der Waals surface area contributed by atoms with Gasteiger partial charge in [-0.25, -0.2) is 0 Å². The first-order valence-corrected chi connectivity index (χ1v) is 8.73. The van der Waals surface area contributed by atoms with E-state index in [1.165, 1.54) is 0 Å². The van der Waals surface area contributed by atoms with Gasteiger partial charge >= 0.3 is 0 Å². The molecule has 0 aliphatic rings. The minimum absolute atomic E-state index is 0.112. The summed E-state index contributed by atoms with van der Waals surface area (Å²) >= 11 is 9.22. The second-order valence-corrected chi connectivity index (χ2v) is 6.53. The molecule has 0 spiro atoms. The molecular formula is C17H18BrClN2O4. The van der Waals surface area contributed by atoms with Crippen LogP contribution in [0, 0.1) is 13.8 Å². The summed E-state index contributed by atoms with van der Waals surface area (Å²) < 4.78 is 11.1. The molecule has 0 aliphatic carbocycles. The molecule has 0 fully saturated rings. The second kappa shape index (κ2) is 8.92. The van der Waals surface area contributed by atoms with Gasteiger partial charge in [0, 0.05) is 18.1 Å². The van der Waals surface area contributed by atoms with Crippen LogP contribution < -0.4 is 15.4 Å². The minimum Gasteiger partial charge on any atom is -0.484 e. The average molecular weight is 430 g/mol. The molecule has 25 heavy (non-hydrogen) atoms. The SMILES string of the molecule is Cc1cc(OCC(=O)NCCNC(=O)c2ccc(Br)o2)cc(C)c1Cl. The van der Waals surface area contributed by atoms with Crippen molar-refractivity contribution in [2.45, 2.75) is 13.8 Å². The van der Waals surface area contributed by atoms with E-state index in [9.17, 15) is 9.59 Å². The molecule has 0 atom stereocenters. The molecule has 134 valence electrons. The van der Waals surface area contributed by atoms with Crippen molar-refractivity contribution in [2.24, 2.45) is 0 Å². The van der Waals surface area contributed by atoms with Crippen molar-refractivity contribution in [3.63, 3.8) is 0 Å². The lowest BCUT2D eigenvalue weighted by atomic mass is 10.1. The van der Waals surface area contributed by atoms with Crippen LogP contribution in [0.4, 0.5) is 0 Å². The first-order chi connectivity index (χ1) is 11.9. The number of benzene rings is 1. The van der Waals surface area contributed by atoms with Gasteiger partial charge in [0.1, 0.15) is 5.75 Å². The van der Waals surface area contributed by atoms with E-state index in [0.29, 0.717) is 15.4 Å². The third-order valence-electron chi connectivity index (χ3n) is 3.31. The maximum Gasteiger partial charge on any atom is 0.287 e. The van der Waals surface area contributed by atoms with Crippen LogP contribution >= 0.6 is 27.5 Å². The molecule has 0 bridgehead atoms. The van der Waals surface area contributed by atoms with E-state index < -0.39 is 0 Å². The van der Waals surface area contributed by atoms with Crippen LogP contribution in [0.15, 0.2) is 33.4 Å². The number of furan rings is 1. The van der Waals surface area contributed by atoms with E-state index in [4.69, 9.17) is 20.8 Å². The van der Waals surface area contributed by atoms with Crippen LogP contribution in [0.25, 0.3) is 0 Å². The van der Waals surface area contributed by atoms with Gasteiger partial charge in [-0.15, -0.1) is 0 Å². The zero-order valence-electron chi connectivity index (χ0n) is 13.8. The molecule has 2 amide bonds. The van der Waals surface area contributed by atoms with Crippen molar-refractivity contribution in [1.82, 2.24) is 10.6 Å². The van der Waals surface area contributed by atoms with Crippen LogP contribution in [-0.4, -0.2) is 31.5 Å². The first-order valence-electron chi connectivity index (χ1n) is 7.56. The molecule has 0 radical (unpaired) electrons. The Hall–Kier alpha value is -1.99. The molecule has 0 saturated heterocycles. The number of halogens is 2. The van der Waals surface area contributed by atoms with Gasteiger partial charge in [-0.1, -0.05) is 11.6 Å². The Morgan fingerprint density at radius 2 is 1.80 bits per heavy atom. The van der Waals surface area contributed by atoms with Gasteiger partial charge in [0.15, 0.2) is 17.0 Å². The molecule has 0 aliphatic heterocycles. The molecule has 0 saturated carbocycles. The fourth-order valence-corrected chi connectivity index (χ4v) is 2.51. The lowest BCUT2D eigenvalue weighted by molar-refractivity contribution is -0.123. The van der Waals surface area contributed by atoms with Gasteiger partial charge in [0.25, 0.3) is 11.8 Å². The Morgan fingerprint density at radius 1 is 1.16 bits per heavy atom. The summed E-state index contributed by atoms with van der Waals surface area (Å²) in [6, 6.07) is 6.75. The maximum absolute atomic E-state index is 11.8. The van der Waals surface area contributed by atoms with Crippen molar-refractivity contribution in [2.75, 3.05) is 19.7 Å². The third-order valence-corrected chi connectivity index (χ3v) is 4.33. The standard InChI is InChI=1S/C17H18BrClN2O4/c1-10-7-12(8-11(2)16(10)19)24-9-15(22)20-5-6-21-17(23)13-3-4-14(18)25-13/h3-4,7-8H,5-6,9H2,1-2H3,(H,20,22)(H,21,23). The van der Waals surface area contributed by atoms with Crippen molar-refractivity contribution in [1.29, 1.82) is 0 Å². The molecule has 1 heterocycles. The number of ether oxygens (including phenoxy) is 1. The highest BCUT2D eigenvalue weighted by molar-refractivity contribution is 9.10. The normalized spacial score (nSPS) is 10.4. The molecule has 2 aromatic rings. The minimum atomic E-state index is -0.344. The summed E-state index contributed by atoms with van der Waals surface area (Å²) in [7, 11) is 0. The van der Waals surface area contributed by atoms with Gasteiger partial charge in [-0.05, 0) is 65.2 Å².